The molecule has 1 atom stereocenters. The molecule has 2 aromatic carbocycles. The first-order chi connectivity index (χ1) is 13.8. The largest absolute Gasteiger partial charge is 0.332 e. The van der Waals surface area contributed by atoms with Crippen LogP contribution in [0.5, 0.6) is 0 Å². The van der Waals surface area contributed by atoms with Gasteiger partial charge in [0.1, 0.15) is 6.04 Å². The number of carbonyl (C=O) groups is 3. The maximum atomic E-state index is 12.2. The first-order valence-electron chi connectivity index (χ1n) is 8.39. The van der Waals surface area contributed by atoms with Crippen molar-refractivity contribution in [3.63, 3.8) is 0 Å². The normalized spacial score (nSPS) is 15.2. The molecule has 1 heterocycles. The lowest BCUT2D eigenvalue weighted by Crippen LogP contribution is -2.34. The summed E-state index contributed by atoms with van der Waals surface area (Å²) in [6, 6.07) is 11.0. The lowest BCUT2D eigenvalue weighted by atomic mass is 10.1. The lowest BCUT2D eigenvalue weighted by Gasteiger charge is -2.11. The smallest absolute Gasteiger partial charge is 0.322 e. The monoisotopic (exact) mass is 413 g/mol. The van der Waals surface area contributed by atoms with Gasteiger partial charge in [-0.05, 0) is 42.0 Å². The fourth-order valence-electron chi connectivity index (χ4n) is 2.63. The number of carbonyl (C=O) groups excluding carboxylic acids is 3. The van der Waals surface area contributed by atoms with Gasteiger partial charge in [0.05, 0.1) is 4.92 Å². The number of rotatable bonds is 5. The van der Waals surface area contributed by atoms with Gasteiger partial charge in [0.15, 0.2) is 5.11 Å². The molecular formula is C18H15N5O5S. The van der Waals surface area contributed by atoms with Crippen molar-refractivity contribution in [1.29, 1.82) is 0 Å². The van der Waals surface area contributed by atoms with Crippen molar-refractivity contribution in [2.75, 3.05) is 5.32 Å². The highest BCUT2D eigenvalue weighted by Gasteiger charge is 2.29. The molecule has 0 saturated carbocycles. The molecule has 10 nitrogen and oxygen atoms in total. The van der Waals surface area contributed by atoms with E-state index in [9.17, 15) is 24.5 Å². The van der Waals surface area contributed by atoms with Crippen LogP contribution in [0.25, 0.3) is 0 Å². The van der Waals surface area contributed by atoms with Crippen molar-refractivity contribution in [2.24, 2.45) is 0 Å². The summed E-state index contributed by atoms with van der Waals surface area (Å²) in [6.45, 7) is 0. The third kappa shape index (κ3) is 5.11. The summed E-state index contributed by atoms with van der Waals surface area (Å²) in [5.41, 5.74) is 1.56. The number of amides is 4. The van der Waals surface area contributed by atoms with E-state index in [1.54, 1.807) is 24.3 Å². The number of benzene rings is 2. The highest BCUT2D eigenvalue weighted by molar-refractivity contribution is 7.80. The average molecular weight is 413 g/mol. The van der Waals surface area contributed by atoms with Crippen LogP contribution in [-0.2, 0) is 11.2 Å². The molecule has 0 aromatic heterocycles. The maximum Gasteiger partial charge on any atom is 0.322 e. The third-order valence-corrected chi connectivity index (χ3v) is 4.28. The molecule has 0 radical (unpaired) electrons. The van der Waals surface area contributed by atoms with E-state index in [2.05, 4.69) is 21.3 Å². The molecule has 1 saturated heterocycles. The highest BCUT2D eigenvalue weighted by Crippen LogP contribution is 2.14. The number of hydrogen-bond acceptors (Lipinski definition) is 6. The van der Waals surface area contributed by atoms with E-state index in [4.69, 9.17) is 12.2 Å². The van der Waals surface area contributed by atoms with E-state index in [-0.39, 0.29) is 22.3 Å². The predicted octanol–water partition coefficient (Wildman–Crippen LogP) is 1.47. The maximum absolute atomic E-state index is 12.2. The number of nitro benzene ring substituents is 1. The number of thiocarbonyl (C=S) groups is 1. The summed E-state index contributed by atoms with van der Waals surface area (Å²) in [5.74, 6) is -0.871. The van der Waals surface area contributed by atoms with E-state index >= 15 is 0 Å². The second-order valence-electron chi connectivity index (χ2n) is 6.13. The summed E-state index contributed by atoms with van der Waals surface area (Å²) in [4.78, 5) is 45.0. The van der Waals surface area contributed by atoms with Gasteiger partial charge in [-0.2, -0.15) is 0 Å². The van der Waals surface area contributed by atoms with E-state index in [0.29, 0.717) is 12.1 Å². The third-order valence-electron chi connectivity index (χ3n) is 4.08. The summed E-state index contributed by atoms with van der Waals surface area (Å²) < 4.78 is 0. The van der Waals surface area contributed by atoms with Gasteiger partial charge in [-0.25, -0.2) is 4.79 Å². The first kappa shape index (κ1) is 19.9. The van der Waals surface area contributed by atoms with Crippen LogP contribution in [0.3, 0.4) is 0 Å². The zero-order valence-electron chi connectivity index (χ0n) is 14.8. The summed E-state index contributed by atoms with van der Waals surface area (Å²) in [6.07, 6.45) is 0.346. The van der Waals surface area contributed by atoms with Gasteiger partial charge in [0, 0.05) is 29.8 Å². The molecule has 11 heteroatoms. The Morgan fingerprint density at radius 1 is 1.10 bits per heavy atom. The zero-order valence-corrected chi connectivity index (χ0v) is 15.6. The Bertz CT molecular complexity index is 991. The van der Waals surface area contributed by atoms with Gasteiger partial charge < -0.3 is 10.6 Å². The Kier molecular flexibility index (Phi) is 5.79. The molecule has 0 bridgehead atoms. The van der Waals surface area contributed by atoms with Crippen LogP contribution in [0.2, 0.25) is 0 Å². The molecule has 0 spiro atoms. The fourth-order valence-corrected chi connectivity index (χ4v) is 2.85. The SMILES string of the molecule is O=C1NC(=O)C(Cc2ccc(NC(=S)NC(=O)c3ccc([N+](=O)[O-])cc3)cc2)N1. The Morgan fingerprint density at radius 2 is 1.76 bits per heavy atom. The summed E-state index contributed by atoms with van der Waals surface area (Å²) in [7, 11) is 0. The minimum absolute atomic E-state index is 0.0588. The molecule has 1 fully saturated rings. The quantitative estimate of drug-likeness (QED) is 0.252. The molecule has 2 aromatic rings. The number of imide groups is 1. The Hall–Kier alpha value is -3.86. The summed E-state index contributed by atoms with van der Waals surface area (Å²) >= 11 is 5.10. The molecule has 1 aliphatic rings. The zero-order chi connectivity index (χ0) is 21.0. The van der Waals surface area contributed by atoms with Crippen LogP contribution in [-0.4, -0.2) is 33.9 Å². The molecule has 3 rings (SSSR count). The topological polar surface area (TPSA) is 142 Å². The number of nitro groups is 1. The van der Waals surface area contributed by atoms with Gasteiger partial charge >= 0.3 is 6.03 Å². The van der Waals surface area contributed by atoms with Crippen LogP contribution in [0.4, 0.5) is 16.2 Å². The Morgan fingerprint density at radius 3 is 2.31 bits per heavy atom. The molecule has 1 aliphatic heterocycles. The standard InChI is InChI=1S/C18H15N5O5S/c24-15(11-3-7-13(8-4-11)23(27)28)22-18(29)19-12-5-1-10(2-6-12)9-14-16(25)21-17(26)20-14/h1-8,14H,9H2,(H2,19,22,24,29)(H2,20,21,25,26). The van der Waals surface area contributed by atoms with Gasteiger partial charge in [-0.3, -0.25) is 30.3 Å². The van der Waals surface area contributed by atoms with Gasteiger partial charge in [0.2, 0.25) is 0 Å². The van der Waals surface area contributed by atoms with Crippen LogP contribution in [0.15, 0.2) is 48.5 Å². The van der Waals surface area contributed by atoms with Crippen molar-refractivity contribution >= 4 is 46.6 Å². The second-order valence-corrected chi connectivity index (χ2v) is 6.54. The number of urea groups is 1. The van der Waals surface area contributed by atoms with Crippen LogP contribution >= 0.6 is 12.2 Å². The number of non-ortho nitro benzene ring substituents is 1. The number of anilines is 1. The molecule has 1 unspecified atom stereocenters. The molecule has 148 valence electrons. The predicted molar refractivity (Wildman–Crippen MR) is 107 cm³/mol. The van der Waals surface area contributed by atoms with Gasteiger partial charge in [0.25, 0.3) is 17.5 Å². The molecule has 4 amide bonds. The Labute approximate surface area is 169 Å². The second kappa shape index (κ2) is 8.44. The van der Waals surface area contributed by atoms with Crippen molar-refractivity contribution in [3.8, 4) is 0 Å². The number of nitrogens with zero attached hydrogens (tertiary/aromatic N) is 1. The van der Waals surface area contributed by atoms with Crippen molar-refractivity contribution in [3.05, 3.63) is 69.8 Å². The van der Waals surface area contributed by atoms with Crippen LogP contribution < -0.4 is 21.3 Å². The van der Waals surface area contributed by atoms with Gasteiger partial charge in [-0.15, -0.1) is 0 Å². The van der Waals surface area contributed by atoms with E-state index in [1.165, 1.54) is 24.3 Å². The molecule has 29 heavy (non-hydrogen) atoms. The average Bonchev–Trinajstić information content (AvgIpc) is 3.00. The van der Waals surface area contributed by atoms with Crippen LogP contribution in [0, 0.1) is 10.1 Å². The number of nitrogens with one attached hydrogen (secondary N) is 4. The minimum atomic E-state index is -0.608. The first-order valence-corrected chi connectivity index (χ1v) is 8.80. The van der Waals surface area contributed by atoms with Crippen molar-refractivity contribution in [1.82, 2.24) is 16.0 Å². The van der Waals surface area contributed by atoms with Gasteiger partial charge in [-0.1, -0.05) is 12.1 Å². The number of hydrogen-bond donors (Lipinski definition) is 4. The minimum Gasteiger partial charge on any atom is -0.332 e. The molecule has 0 aliphatic carbocycles. The van der Waals surface area contributed by atoms with E-state index < -0.39 is 22.9 Å². The van der Waals surface area contributed by atoms with Crippen LogP contribution in [0.1, 0.15) is 15.9 Å². The lowest BCUT2D eigenvalue weighted by molar-refractivity contribution is -0.384. The Balaban J connectivity index is 1.53. The highest BCUT2D eigenvalue weighted by atomic mass is 32.1. The molecular weight excluding hydrogens is 398 g/mol. The van der Waals surface area contributed by atoms with Crippen molar-refractivity contribution < 1.29 is 19.3 Å². The fraction of sp³-hybridized carbons (Fsp3) is 0.111. The van der Waals surface area contributed by atoms with E-state index in [0.717, 1.165) is 5.56 Å². The van der Waals surface area contributed by atoms with Crippen molar-refractivity contribution in [2.45, 2.75) is 12.5 Å². The molecule has 4 N–H and O–H groups in total. The van der Waals surface area contributed by atoms with E-state index in [1.807, 2.05) is 0 Å². The summed E-state index contributed by atoms with van der Waals surface area (Å²) in [5, 5.41) is 20.7.